The third-order valence-corrected chi connectivity index (χ3v) is 5.90. The second-order valence-corrected chi connectivity index (χ2v) is 10.2. The summed E-state index contributed by atoms with van der Waals surface area (Å²) in [5.74, 6) is 0.262. The summed E-state index contributed by atoms with van der Waals surface area (Å²) in [5.41, 5.74) is 4.72. The molecule has 1 atom stereocenters. The van der Waals surface area contributed by atoms with E-state index in [0.717, 1.165) is 16.7 Å². The van der Waals surface area contributed by atoms with Gasteiger partial charge in [0, 0.05) is 19.5 Å². The molecule has 0 saturated heterocycles. The maximum absolute atomic E-state index is 13.3. The molecule has 0 unspecified atom stereocenters. The van der Waals surface area contributed by atoms with Crippen LogP contribution in [0.3, 0.4) is 0 Å². The summed E-state index contributed by atoms with van der Waals surface area (Å²) < 4.78 is 0. The molecule has 0 aliphatic heterocycles. The van der Waals surface area contributed by atoms with E-state index >= 15 is 0 Å². The van der Waals surface area contributed by atoms with Gasteiger partial charge in [-0.25, -0.2) is 0 Å². The fourth-order valence-corrected chi connectivity index (χ4v) is 3.57. The van der Waals surface area contributed by atoms with E-state index in [9.17, 15) is 9.59 Å². The molecule has 0 radical (unpaired) electrons. The molecule has 4 nitrogen and oxygen atoms in total. The molecule has 0 spiro atoms. The van der Waals surface area contributed by atoms with Crippen LogP contribution in [0, 0.1) is 12.8 Å². The summed E-state index contributed by atoms with van der Waals surface area (Å²) in [6, 6.07) is 16.0. The van der Waals surface area contributed by atoms with E-state index in [0.29, 0.717) is 31.8 Å². The molecule has 4 heteroatoms. The largest absolute Gasteiger partial charge is 0.354 e. The van der Waals surface area contributed by atoms with Crippen LogP contribution in [0.2, 0.25) is 0 Å². The molecular weight excluding hydrogens is 396 g/mol. The Bertz CT molecular complexity index is 894. The first-order valence-corrected chi connectivity index (χ1v) is 11.7. The molecule has 32 heavy (non-hydrogen) atoms. The number of nitrogens with zero attached hydrogens (tertiary/aromatic N) is 1. The SMILES string of the molecule is Cc1ccccc1CN(C(=O)CCc1ccc(C(C)(C)C)cc1)[C@H](C)C(=O)NCC(C)C. The summed E-state index contributed by atoms with van der Waals surface area (Å²) >= 11 is 0. The highest BCUT2D eigenvalue weighted by Crippen LogP contribution is 2.23. The van der Waals surface area contributed by atoms with E-state index in [2.05, 4.69) is 64.2 Å². The number of amides is 2. The third-order valence-electron chi connectivity index (χ3n) is 5.90. The van der Waals surface area contributed by atoms with Crippen LogP contribution < -0.4 is 5.32 Å². The second-order valence-electron chi connectivity index (χ2n) is 10.2. The van der Waals surface area contributed by atoms with Crippen molar-refractivity contribution in [1.82, 2.24) is 10.2 Å². The second kappa shape index (κ2) is 11.3. The van der Waals surface area contributed by atoms with E-state index in [4.69, 9.17) is 0 Å². The summed E-state index contributed by atoms with van der Waals surface area (Å²) in [7, 11) is 0. The molecule has 0 aliphatic rings. The molecule has 0 heterocycles. The first-order valence-electron chi connectivity index (χ1n) is 11.7. The maximum atomic E-state index is 13.3. The summed E-state index contributed by atoms with van der Waals surface area (Å²) in [5, 5.41) is 2.98. The topological polar surface area (TPSA) is 49.4 Å². The van der Waals surface area contributed by atoms with E-state index in [-0.39, 0.29) is 17.2 Å². The van der Waals surface area contributed by atoms with Crippen molar-refractivity contribution in [1.29, 1.82) is 0 Å². The van der Waals surface area contributed by atoms with Crippen molar-refractivity contribution in [3.05, 3.63) is 70.8 Å². The van der Waals surface area contributed by atoms with E-state index in [1.54, 1.807) is 4.90 Å². The first-order chi connectivity index (χ1) is 15.0. The van der Waals surface area contributed by atoms with Crippen LogP contribution >= 0.6 is 0 Å². The fraction of sp³-hybridized carbons (Fsp3) is 0.500. The first kappa shape index (κ1) is 25.6. The Hall–Kier alpha value is -2.62. The van der Waals surface area contributed by atoms with Crippen molar-refractivity contribution >= 4 is 11.8 Å². The number of carbonyl (C=O) groups is 2. The van der Waals surface area contributed by atoms with Gasteiger partial charge in [0.15, 0.2) is 0 Å². The van der Waals surface area contributed by atoms with Gasteiger partial charge in [0.25, 0.3) is 0 Å². The molecule has 0 aromatic heterocycles. The predicted molar refractivity (Wildman–Crippen MR) is 133 cm³/mol. The monoisotopic (exact) mass is 436 g/mol. The van der Waals surface area contributed by atoms with Crippen molar-refractivity contribution in [2.75, 3.05) is 6.54 Å². The summed E-state index contributed by atoms with van der Waals surface area (Å²) in [6.07, 6.45) is 1.04. The molecule has 2 rings (SSSR count). The number of nitrogens with one attached hydrogen (secondary N) is 1. The van der Waals surface area contributed by atoms with Crippen molar-refractivity contribution < 1.29 is 9.59 Å². The van der Waals surface area contributed by atoms with Gasteiger partial charge in [-0.3, -0.25) is 9.59 Å². The number of aryl methyl sites for hydroxylation is 2. The minimum Gasteiger partial charge on any atom is -0.354 e. The predicted octanol–water partition coefficient (Wildman–Crippen LogP) is 5.41. The zero-order chi connectivity index (χ0) is 23.9. The smallest absolute Gasteiger partial charge is 0.242 e. The zero-order valence-corrected chi connectivity index (χ0v) is 20.9. The number of hydrogen-bond acceptors (Lipinski definition) is 2. The van der Waals surface area contributed by atoms with Gasteiger partial charge in [-0.2, -0.15) is 0 Å². The average Bonchev–Trinajstić information content (AvgIpc) is 2.74. The molecule has 0 fully saturated rings. The molecule has 2 aromatic rings. The Morgan fingerprint density at radius 1 is 0.969 bits per heavy atom. The number of hydrogen-bond donors (Lipinski definition) is 1. The lowest BCUT2D eigenvalue weighted by Crippen LogP contribution is -2.48. The Balaban J connectivity index is 2.13. The van der Waals surface area contributed by atoms with Crippen LogP contribution in [0.4, 0.5) is 0 Å². The Morgan fingerprint density at radius 3 is 2.16 bits per heavy atom. The highest BCUT2D eigenvalue weighted by molar-refractivity contribution is 5.87. The van der Waals surface area contributed by atoms with Crippen LogP contribution in [-0.4, -0.2) is 29.3 Å². The van der Waals surface area contributed by atoms with Crippen LogP contribution in [-0.2, 0) is 28.0 Å². The number of rotatable bonds is 9. The maximum Gasteiger partial charge on any atom is 0.242 e. The third kappa shape index (κ3) is 7.51. The number of benzene rings is 2. The van der Waals surface area contributed by atoms with Gasteiger partial charge >= 0.3 is 0 Å². The molecule has 174 valence electrons. The van der Waals surface area contributed by atoms with Gasteiger partial charge in [0.2, 0.25) is 11.8 Å². The van der Waals surface area contributed by atoms with Gasteiger partial charge in [-0.05, 0) is 53.9 Å². The Morgan fingerprint density at radius 2 is 1.59 bits per heavy atom. The lowest BCUT2D eigenvalue weighted by atomic mass is 9.86. The van der Waals surface area contributed by atoms with Crippen molar-refractivity contribution in [2.45, 2.75) is 79.3 Å². The van der Waals surface area contributed by atoms with Gasteiger partial charge < -0.3 is 10.2 Å². The van der Waals surface area contributed by atoms with Crippen molar-refractivity contribution in [3.63, 3.8) is 0 Å². The Kier molecular flexibility index (Phi) is 9.06. The van der Waals surface area contributed by atoms with E-state index in [1.165, 1.54) is 5.56 Å². The molecule has 0 saturated carbocycles. The van der Waals surface area contributed by atoms with E-state index < -0.39 is 6.04 Å². The highest BCUT2D eigenvalue weighted by Gasteiger charge is 2.26. The minimum absolute atomic E-state index is 0.000322. The standard InChI is InChI=1S/C28H40N2O2/c1-20(2)18-29-27(32)22(4)30(19-24-11-9-8-10-21(24)3)26(31)17-14-23-12-15-25(16-13-23)28(5,6)7/h8-13,15-16,20,22H,14,17-19H2,1-7H3,(H,29,32)/t22-/m1/s1. The molecule has 2 aromatic carbocycles. The van der Waals surface area contributed by atoms with Crippen molar-refractivity contribution in [3.8, 4) is 0 Å². The molecule has 2 amide bonds. The summed E-state index contributed by atoms with van der Waals surface area (Å²) in [4.78, 5) is 27.8. The molecular formula is C28H40N2O2. The molecule has 0 bridgehead atoms. The van der Waals surface area contributed by atoms with Crippen LogP contribution in [0.5, 0.6) is 0 Å². The fourth-order valence-electron chi connectivity index (χ4n) is 3.57. The van der Waals surface area contributed by atoms with Gasteiger partial charge in [0.1, 0.15) is 6.04 Å². The summed E-state index contributed by atoms with van der Waals surface area (Å²) in [6.45, 7) is 15.6. The molecule has 0 aliphatic carbocycles. The number of carbonyl (C=O) groups excluding carboxylic acids is 2. The van der Waals surface area contributed by atoms with Crippen LogP contribution in [0.15, 0.2) is 48.5 Å². The van der Waals surface area contributed by atoms with Gasteiger partial charge in [-0.15, -0.1) is 0 Å². The highest BCUT2D eigenvalue weighted by atomic mass is 16.2. The van der Waals surface area contributed by atoms with Crippen LogP contribution in [0.1, 0.15) is 70.2 Å². The normalized spacial score (nSPS) is 12.5. The lowest BCUT2D eigenvalue weighted by molar-refractivity contribution is -0.140. The quantitative estimate of drug-likeness (QED) is 0.571. The van der Waals surface area contributed by atoms with Crippen molar-refractivity contribution in [2.24, 2.45) is 5.92 Å². The average molecular weight is 437 g/mol. The van der Waals surface area contributed by atoms with Gasteiger partial charge in [0.05, 0.1) is 0 Å². The van der Waals surface area contributed by atoms with E-state index in [1.807, 2.05) is 38.1 Å². The van der Waals surface area contributed by atoms with Crippen LogP contribution in [0.25, 0.3) is 0 Å². The lowest BCUT2D eigenvalue weighted by Gasteiger charge is -2.29. The Labute approximate surface area is 194 Å². The zero-order valence-electron chi connectivity index (χ0n) is 20.9. The van der Waals surface area contributed by atoms with Gasteiger partial charge in [-0.1, -0.05) is 83.1 Å². The minimum atomic E-state index is -0.524. The molecule has 1 N–H and O–H groups in total.